The molecule has 1 aromatic heterocycles. The van der Waals surface area contributed by atoms with Gasteiger partial charge >= 0.3 is 0 Å². The third kappa shape index (κ3) is 4.22. The maximum atomic E-state index is 6.09. The summed E-state index contributed by atoms with van der Waals surface area (Å²) in [5, 5.41) is 1.19. The van der Waals surface area contributed by atoms with Gasteiger partial charge in [0.05, 0.1) is 5.52 Å². The average molecular weight is 395 g/mol. The maximum absolute atomic E-state index is 6.09. The summed E-state index contributed by atoms with van der Waals surface area (Å²) in [6.07, 6.45) is 1.94. The molecule has 150 valence electrons. The highest BCUT2D eigenvalue weighted by molar-refractivity contribution is 5.83. The monoisotopic (exact) mass is 394 g/mol. The number of hydrogen-bond acceptors (Lipinski definition) is 3. The number of nitrogens with zero attached hydrogens (tertiary/aromatic N) is 2. The van der Waals surface area contributed by atoms with Crippen LogP contribution in [0.2, 0.25) is 0 Å². The summed E-state index contributed by atoms with van der Waals surface area (Å²) in [5.74, 6) is 0.797. The molecule has 3 aromatic carbocycles. The Labute approximate surface area is 178 Å². The molecule has 0 radical (unpaired) electrons. The van der Waals surface area contributed by atoms with Gasteiger partial charge in [-0.1, -0.05) is 78.9 Å². The van der Waals surface area contributed by atoms with E-state index < -0.39 is 0 Å². The van der Waals surface area contributed by atoms with E-state index in [0.717, 1.165) is 43.9 Å². The zero-order chi connectivity index (χ0) is 20.2. The van der Waals surface area contributed by atoms with Crippen molar-refractivity contribution in [3.63, 3.8) is 0 Å². The van der Waals surface area contributed by atoms with Crippen LogP contribution in [-0.4, -0.2) is 29.6 Å². The van der Waals surface area contributed by atoms with Crippen molar-refractivity contribution < 1.29 is 4.74 Å². The van der Waals surface area contributed by atoms with Crippen molar-refractivity contribution in [1.29, 1.82) is 0 Å². The Hall–Kier alpha value is -3.17. The van der Waals surface area contributed by atoms with Crippen molar-refractivity contribution in [2.75, 3.05) is 19.7 Å². The summed E-state index contributed by atoms with van der Waals surface area (Å²) in [6, 6.07) is 30.0. The molecule has 0 amide bonds. The van der Waals surface area contributed by atoms with Crippen LogP contribution in [0.15, 0.2) is 84.9 Å². The number of hydrogen-bond donors (Lipinski definition) is 0. The molecule has 1 aliphatic heterocycles. The predicted octanol–water partition coefficient (Wildman–Crippen LogP) is 5.26. The van der Waals surface area contributed by atoms with E-state index in [9.17, 15) is 0 Å². The van der Waals surface area contributed by atoms with Gasteiger partial charge in [-0.25, -0.2) is 4.98 Å². The zero-order valence-corrected chi connectivity index (χ0v) is 17.1. The van der Waals surface area contributed by atoms with Gasteiger partial charge in [0.25, 0.3) is 0 Å². The number of ether oxygens (including phenoxy) is 1. The first-order chi connectivity index (χ1) is 14.8. The fourth-order valence-corrected chi connectivity index (χ4v) is 4.20. The molecule has 30 heavy (non-hydrogen) atoms. The van der Waals surface area contributed by atoms with E-state index in [0.29, 0.717) is 6.61 Å². The van der Waals surface area contributed by atoms with Crippen LogP contribution in [0, 0.1) is 0 Å². The molecule has 0 atom stereocenters. The second kappa shape index (κ2) is 8.68. The van der Waals surface area contributed by atoms with Gasteiger partial charge in [-0.2, -0.15) is 0 Å². The van der Waals surface area contributed by atoms with E-state index in [4.69, 9.17) is 9.72 Å². The Morgan fingerprint density at radius 2 is 1.60 bits per heavy atom. The van der Waals surface area contributed by atoms with Crippen LogP contribution in [0.5, 0.6) is 5.88 Å². The highest BCUT2D eigenvalue weighted by atomic mass is 16.5. The number of fused-ring (bicyclic) bond motifs is 2. The first-order valence-electron chi connectivity index (χ1n) is 10.7. The normalized spacial score (nSPS) is 14.1. The van der Waals surface area contributed by atoms with E-state index in [2.05, 4.69) is 89.8 Å². The van der Waals surface area contributed by atoms with Crippen molar-refractivity contribution in [3.8, 4) is 5.88 Å². The lowest BCUT2D eigenvalue weighted by molar-refractivity contribution is 0.225. The standard InChI is InChI=1S/C27H26N2O/c1-3-8-21(9-4-1)14-15-29-16-17-30-27-25(20-29)19-24-13-7-12-23(26(24)28-27)18-22-10-5-2-6-11-22/h1-13,19H,14-18,20H2. The number of pyridine rings is 1. The lowest BCUT2D eigenvalue weighted by Crippen LogP contribution is -2.27. The molecule has 0 saturated heterocycles. The Morgan fingerprint density at radius 3 is 2.40 bits per heavy atom. The number of benzene rings is 3. The third-order valence-corrected chi connectivity index (χ3v) is 5.81. The third-order valence-electron chi connectivity index (χ3n) is 5.81. The Bertz CT molecular complexity index is 1130. The Morgan fingerprint density at radius 1 is 0.833 bits per heavy atom. The second-order valence-corrected chi connectivity index (χ2v) is 7.96. The molecular weight excluding hydrogens is 368 g/mol. The molecular formula is C27H26N2O. The Balaban J connectivity index is 1.39. The quantitative estimate of drug-likeness (QED) is 0.461. The molecule has 4 aromatic rings. The summed E-state index contributed by atoms with van der Waals surface area (Å²) in [5.41, 5.74) is 6.16. The molecule has 0 aliphatic carbocycles. The number of rotatable bonds is 5. The minimum Gasteiger partial charge on any atom is -0.476 e. The molecule has 2 heterocycles. The van der Waals surface area contributed by atoms with E-state index in [-0.39, 0.29) is 0 Å². The molecule has 0 fully saturated rings. The summed E-state index contributed by atoms with van der Waals surface area (Å²) >= 11 is 0. The zero-order valence-electron chi connectivity index (χ0n) is 17.1. The number of aromatic nitrogens is 1. The molecule has 3 nitrogen and oxygen atoms in total. The van der Waals surface area contributed by atoms with Crippen molar-refractivity contribution in [3.05, 3.63) is 107 Å². The van der Waals surface area contributed by atoms with Crippen LogP contribution in [0.4, 0.5) is 0 Å². The maximum Gasteiger partial charge on any atom is 0.218 e. The molecule has 0 unspecified atom stereocenters. The van der Waals surface area contributed by atoms with Gasteiger partial charge in [0.15, 0.2) is 0 Å². The Kier molecular flexibility index (Phi) is 5.45. The van der Waals surface area contributed by atoms with Gasteiger partial charge in [0.2, 0.25) is 5.88 Å². The molecule has 0 saturated carbocycles. The van der Waals surface area contributed by atoms with Gasteiger partial charge in [-0.3, -0.25) is 4.90 Å². The van der Waals surface area contributed by atoms with E-state index in [1.165, 1.54) is 27.6 Å². The van der Waals surface area contributed by atoms with Crippen molar-refractivity contribution >= 4 is 10.9 Å². The lowest BCUT2D eigenvalue weighted by atomic mass is 10.0. The first kappa shape index (κ1) is 18.8. The minimum absolute atomic E-state index is 0.682. The second-order valence-electron chi connectivity index (χ2n) is 7.96. The molecule has 0 spiro atoms. The van der Waals surface area contributed by atoms with E-state index in [1.54, 1.807) is 0 Å². The topological polar surface area (TPSA) is 25.4 Å². The van der Waals surface area contributed by atoms with Gasteiger partial charge in [0, 0.05) is 30.6 Å². The summed E-state index contributed by atoms with van der Waals surface area (Å²) in [6.45, 7) is 3.52. The molecule has 0 N–H and O–H groups in total. The van der Waals surface area contributed by atoms with E-state index in [1.807, 2.05) is 0 Å². The van der Waals surface area contributed by atoms with Gasteiger partial charge < -0.3 is 4.74 Å². The van der Waals surface area contributed by atoms with Crippen LogP contribution in [-0.2, 0) is 19.4 Å². The largest absolute Gasteiger partial charge is 0.476 e. The molecule has 0 bridgehead atoms. The van der Waals surface area contributed by atoms with Crippen molar-refractivity contribution in [2.24, 2.45) is 0 Å². The fraction of sp³-hybridized carbons (Fsp3) is 0.222. The lowest BCUT2D eigenvalue weighted by Gasteiger charge is -2.19. The van der Waals surface area contributed by atoms with Crippen LogP contribution in [0.25, 0.3) is 10.9 Å². The highest BCUT2D eigenvalue weighted by Gasteiger charge is 2.18. The van der Waals surface area contributed by atoms with Crippen LogP contribution >= 0.6 is 0 Å². The van der Waals surface area contributed by atoms with Crippen LogP contribution < -0.4 is 4.74 Å². The van der Waals surface area contributed by atoms with E-state index >= 15 is 0 Å². The summed E-state index contributed by atoms with van der Waals surface area (Å²) in [7, 11) is 0. The smallest absolute Gasteiger partial charge is 0.218 e. The van der Waals surface area contributed by atoms with Crippen LogP contribution in [0.1, 0.15) is 22.3 Å². The summed E-state index contributed by atoms with van der Waals surface area (Å²) in [4.78, 5) is 7.45. The fourth-order valence-electron chi connectivity index (χ4n) is 4.20. The van der Waals surface area contributed by atoms with Gasteiger partial charge in [-0.15, -0.1) is 0 Å². The van der Waals surface area contributed by atoms with Gasteiger partial charge in [-0.05, 0) is 35.6 Å². The predicted molar refractivity (Wildman–Crippen MR) is 122 cm³/mol. The number of para-hydroxylation sites is 1. The summed E-state index contributed by atoms with van der Waals surface area (Å²) < 4.78 is 6.09. The average Bonchev–Trinajstić information content (AvgIpc) is 2.99. The molecule has 3 heteroatoms. The van der Waals surface area contributed by atoms with Crippen molar-refractivity contribution in [2.45, 2.75) is 19.4 Å². The van der Waals surface area contributed by atoms with Crippen LogP contribution in [0.3, 0.4) is 0 Å². The first-order valence-corrected chi connectivity index (χ1v) is 10.7. The molecule has 1 aliphatic rings. The van der Waals surface area contributed by atoms with Crippen molar-refractivity contribution in [1.82, 2.24) is 9.88 Å². The SMILES string of the molecule is c1ccc(CCN2CCOc3nc4c(Cc5ccccc5)cccc4cc3C2)cc1. The minimum atomic E-state index is 0.682. The van der Waals surface area contributed by atoms with Gasteiger partial charge in [0.1, 0.15) is 6.61 Å². The highest BCUT2D eigenvalue weighted by Crippen LogP contribution is 2.28. The molecule has 5 rings (SSSR count).